The van der Waals surface area contributed by atoms with Gasteiger partial charge in [0, 0.05) is 6.42 Å². The summed E-state index contributed by atoms with van der Waals surface area (Å²) >= 11 is 1.51. The van der Waals surface area contributed by atoms with Crippen LogP contribution < -0.4 is 11.5 Å². The first kappa shape index (κ1) is 12.6. The second-order valence-corrected chi connectivity index (χ2v) is 4.32. The summed E-state index contributed by atoms with van der Waals surface area (Å²) in [6.07, 6.45) is 1.41. The van der Waals surface area contributed by atoms with Gasteiger partial charge < -0.3 is 11.5 Å². The van der Waals surface area contributed by atoms with Crippen molar-refractivity contribution < 1.29 is 4.79 Å². The molecule has 5 heteroatoms. The lowest BCUT2D eigenvalue weighted by molar-refractivity contribution is -0.116. The van der Waals surface area contributed by atoms with Gasteiger partial charge in [-0.3, -0.25) is 4.79 Å². The first-order valence-electron chi connectivity index (χ1n) is 4.95. The van der Waals surface area contributed by atoms with Gasteiger partial charge in [0.15, 0.2) is 5.13 Å². The van der Waals surface area contributed by atoms with E-state index in [0.29, 0.717) is 11.6 Å². The molecule has 0 saturated carbocycles. The van der Waals surface area contributed by atoms with E-state index in [9.17, 15) is 4.79 Å². The molecular weight excluding hydrogens is 222 g/mol. The van der Waals surface area contributed by atoms with Crippen molar-refractivity contribution >= 4 is 32.6 Å². The van der Waals surface area contributed by atoms with E-state index in [1.54, 1.807) is 0 Å². The highest BCUT2D eigenvalue weighted by molar-refractivity contribution is 7.22. The predicted octanol–water partition coefficient (Wildman–Crippen LogP) is 3.20. The first-order chi connectivity index (χ1) is 7.29. The fourth-order valence-electron chi connectivity index (χ4n) is 1.33. The molecule has 4 N–H and O–H groups in total. The Balaban J connectivity index is 0.00000128. The number of benzene rings is 1. The highest BCUT2D eigenvalue weighted by atomic mass is 32.1. The summed E-state index contributed by atoms with van der Waals surface area (Å²) in [7, 11) is 0. The SMILES string of the molecule is CCCC(=O)Nc1nc2ccccc2s1.N. The fourth-order valence-corrected chi connectivity index (χ4v) is 2.22. The Labute approximate surface area is 98.3 Å². The zero-order chi connectivity index (χ0) is 10.7. The second kappa shape index (κ2) is 5.58. The molecule has 2 aromatic rings. The lowest BCUT2D eigenvalue weighted by Gasteiger charge is -1.97. The molecule has 0 atom stereocenters. The number of nitrogens with zero attached hydrogens (tertiary/aromatic N) is 1. The Hall–Kier alpha value is -1.46. The molecule has 1 aromatic carbocycles. The van der Waals surface area contributed by atoms with Gasteiger partial charge in [-0.2, -0.15) is 0 Å². The molecule has 4 nitrogen and oxygen atoms in total. The zero-order valence-corrected chi connectivity index (χ0v) is 10.0. The Morgan fingerprint density at radius 2 is 2.19 bits per heavy atom. The maximum atomic E-state index is 11.3. The molecule has 0 saturated heterocycles. The number of rotatable bonds is 3. The van der Waals surface area contributed by atoms with Crippen molar-refractivity contribution in [1.29, 1.82) is 0 Å². The number of thiazole rings is 1. The summed E-state index contributed by atoms with van der Waals surface area (Å²) in [4.78, 5) is 15.7. The number of carbonyl (C=O) groups excluding carboxylic acids is 1. The minimum absolute atomic E-state index is 0. The Bertz CT molecular complexity index is 448. The van der Waals surface area contributed by atoms with Crippen LogP contribution in [0.5, 0.6) is 0 Å². The molecule has 0 fully saturated rings. The van der Waals surface area contributed by atoms with Crippen molar-refractivity contribution in [3.8, 4) is 0 Å². The molecule has 0 radical (unpaired) electrons. The zero-order valence-electron chi connectivity index (χ0n) is 9.19. The van der Waals surface area contributed by atoms with Gasteiger partial charge in [0.1, 0.15) is 0 Å². The molecule has 2 rings (SSSR count). The maximum Gasteiger partial charge on any atom is 0.226 e. The molecule has 0 aliphatic rings. The number of para-hydroxylation sites is 1. The average molecular weight is 237 g/mol. The van der Waals surface area contributed by atoms with Gasteiger partial charge in [-0.15, -0.1) is 0 Å². The van der Waals surface area contributed by atoms with Crippen molar-refractivity contribution in [3.63, 3.8) is 0 Å². The van der Waals surface area contributed by atoms with E-state index >= 15 is 0 Å². The van der Waals surface area contributed by atoms with Crippen LogP contribution in [0.15, 0.2) is 24.3 Å². The minimum atomic E-state index is 0. The topological polar surface area (TPSA) is 77.0 Å². The molecule has 86 valence electrons. The smallest absolute Gasteiger partial charge is 0.226 e. The van der Waals surface area contributed by atoms with Crippen LogP contribution in [0.4, 0.5) is 5.13 Å². The Kier molecular flexibility index (Phi) is 4.39. The Morgan fingerprint density at radius 1 is 1.44 bits per heavy atom. The molecule has 0 aliphatic carbocycles. The number of carbonyl (C=O) groups is 1. The molecule has 0 spiro atoms. The van der Waals surface area contributed by atoms with E-state index in [2.05, 4.69) is 10.3 Å². The van der Waals surface area contributed by atoms with E-state index in [4.69, 9.17) is 0 Å². The van der Waals surface area contributed by atoms with E-state index < -0.39 is 0 Å². The van der Waals surface area contributed by atoms with E-state index in [0.717, 1.165) is 16.6 Å². The van der Waals surface area contributed by atoms with Crippen LogP contribution in [0.25, 0.3) is 10.2 Å². The van der Waals surface area contributed by atoms with Crippen LogP contribution in [0, 0.1) is 0 Å². The summed E-state index contributed by atoms with van der Waals surface area (Å²) in [5.41, 5.74) is 0.939. The van der Waals surface area contributed by atoms with Crippen LogP contribution in [-0.2, 0) is 4.79 Å². The summed E-state index contributed by atoms with van der Waals surface area (Å²) < 4.78 is 1.10. The van der Waals surface area contributed by atoms with Crippen molar-refractivity contribution in [2.45, 2.75) is 19.8 Å². The summed E-state index contributed by atoms with van der Waals surface area (Å²) in [5.74, 6) is 0.0385. The van der Waals surface area contributed by atoms with Crippen LogP contribution in [0.1, 0.15) is 19.8 Å². The van der Waals surface area contributed by atoms with Gasteiger partial charge in [-0.1, -0.05) is 30.4 Å². The van der Waals surface area contributed by atoms with E-state index in [-0.39, 0.29) is 12.1 Å². The number of amides is 1. The average Bonchev–Trinajstić information content (AvgIpc) is 2.59. The fraction of sp³-hybridized carbons (Fsp3) is 0.273. The third-order valence-electron chi connectivity index (χ3n) is 2.02. The van der Waals surface area contributed by atoms with E-state index in [1.807, 2.05) is 31.2 Å². The van der Waals surface area contributed by atoms with Crippen molar-refractivity contribution in [2.24, 2.45) is 0 Å². The number of nitrogens with one attached hydrogen (secondary N) is 1. The van der Waals surface area contributed by atoms with Gasteiger partial charge in [0.05, 0.1) is 10.2 Å². The third-order valence-corrected chi connectivity index (χ3v) is 2.97. The number of hydrogen-bond acceptors (Lipinski definition) is 4. The highest BCUT2D eigenvalue weighted by Crippen LogP contribution is 2.25. The standard InChI is InChI=1S/C11H12N2OS.H3N/c1-2-5-10(14)13-11-12-8-6-3-4-7-9(8)15-11;/h3-4,6-7H,2,5H2,1H3,(H,12,13,14);1H3. The normalized spacial score (nSPS) is 9.81. The van der Waals surface area contributed by atoms with Crippen molar-refractivity contribution in [3.05, 3.63) is 24.3 Å². The van der Waals surface area contributed by atoms with Gasteiger partial charge in [-0.05, 0) is 18.6 Å². The summed E-state index contributed by atoms with van der Waals surface area (Å²) in [6.45, 7) is 1.98. The predicted molar refractivity (Wildman–Crippen MR) is 68.2 cm³/mol. The van der Waals surface area contributed by atoms with Gasteiger partial charge in [0.25, 0.3) is 0 Å². The van der Waals surface area contributed by atoms with Gasteiger partial charge >= 0.3 is 0 Å². The molecule has 0 unspecified atom stereocenters. The minimum Gasteiger partial charge on any atom is -0.344 e. The van der Waals surface area contributed by atoms with Crippen LogP contribution in [0.3, 0.4) is 0 Å². The lowest BCUT2D eigenvalue weighted by atomic mass is 10.3. The van der Waals surface area contributed by atoms with E-state index in [1.165, 1.54) is 11.3 Å². The van der Waals surface area contributed by atoms with Crippen molar-refractivity contribution in [1.82, 2.24) is 11.1 Å². The molecule has 16 heavy (non-hydrogen) atoms. The third kappa shape index (κ3) is 2.77. The summed E-state index contributed by atoms with van der Waals surface area (Å²) in [6, 6.07) is 7.86. The van der Waals surface area contributed by atoms with Crippen molar-refractivity contribution in [2.75, 3.05) is 5.32 Å². The Morgan fingerprint density at radius 3 is 2.88 bits per heavy atom. The van der Waals surface area contributed by atoms with Crippen LogP contribution in [0.2, 0.25) is 0 Å². The van der Waals surface area contributed by atoms with Gasteiger partial charge in [-0.25, -0.2) is 4.98 Å². The molecule has 1 aromatic heterocycles. The molecule has 0 bridgehead atoms. The molecular formula is C11H15N3OS. The lowest BCUT2D eigenvalue weighted by Crippen LogP contribution is -2.09. The molecule has 1 amide bonds. The highest BCUT2D eigenvalue weighted by Gasteiger charge is 2.05. The maximum absolute atomic E-state index is 11.3. The van der Waals surface area contributed by atoms with Crippen LogP contribution in [-0.4, -0.2) is 10.9 Å². The number of fused-ring (bicyclic) bond motifs is 1. The molecule has 1 heterocycles. The quantitative estimate of drug-likeness (QED) is 0.860. The second-order valence-electron chi connectivity index (χ2n) is 3.28. The number of hydrogen-bond donors (Lipinski definition) is 2. The first-order valence-corrected chi connectivity index (χ1v) is 5.76. The largest absolute Gasteiger partial charge is 0.344 e. The summed E-state index contributed by atoms with van der Waals surface area (Å²) in [5, 5.41) is 3.49. The monoisotopic (exact) mass is 237 g/mol. The van der Waals surface area contributed by atoms with Crippen LogP contribution >= 0.6 is 11.3 Å². The number of aromatic nitrogens is 1. The molecule has 0 aliphatic heterocycles. The van der Waals surface area contributed by atoms with Gasteiger partial charge in [0.2, 0.25) is 5.91 Å². The number of anilines is 1.